The topological polar surface area (TPSA) is 37.4 Å². The van der Waals surface area contributed by atoms with Crippen molar-refractivity contribution in [1.29, 1.82) is 0 Å². The summed E-state index contributed by atoms with van der Waals surface area (Å²) in [4.78, 5) is 0.385. The van der Waals surface area contributed by atoms with E-state index in [9.17, 15) is 8.42 Å². The summed E-state index contributed by atoms with van der Waals surface area (Å²) in [5.41, 5.74) is 1.51. The van der Waals surface area contributed by atoms with Gasteiger partial charge in [-0.3, -0.25) is 0 Å². The van der Waals surface area contributed by atoms with E-state index in [2.05, 4.69) is 0 Å². The molecule has 1 aliphatic rings. The van der Waals surface area contributed by atoms with E-state index in [0.717, 1.165) is 17.1 Å². The zero-order valence-corrected chi connectivity index (χ0v) is 12.8. The van der Waals surface area contributed by atoms with E-state index in [0.29, 0.717) is 28.6 Å². The maximum Gasteiger partial charge on any atom is 0.243 e. The zero-order chi connectivity index (χ0) is 13.3. The van der Waals surface area contributed by atoms with Crippen LogP contribution in [0.5, 0.6) is 0 Å². The van der Waals surface area contributed by atoms with Crippen molar-refractivity contribution < 1.29 is 8.42 Å². The molecule has 0 aromatic heterocycles. The van der Waals surface area contributed by atoms with Crippen molar-refractivity contribution in [3.05, 3.63) is 28.3 Å². The number of hydrogen-bond acceptors (Lipinski definition) is 3. The number of benzene rings is 1. The Morgan fingerprint density at radius 1 is 1.17 bits per heavy atom. The van der Waals surface area contributed by atoms with Gasteiger partial charge >= 0.3 is 0 Å². The molecule has 1 aromatic carbocycles. The summed E-state index contributed by atoms with van der Waals surface area (Å²) >= 11 is 7.80. The molecule has 0 radical (unpaired) electrons. The fraction of sp³-hybridized carbons (Fsp3) is 0.500. The molecule has 3 nitrogen and oxygen atoms in total. The van der Waals surface area contributed by atoms with Gasteiger partial charge in [0.05, 0.1) is 4.90 Å². The second kappa shape index (κ2) is 5.41. The highest BCUT2D eigenvalue weighted by atomic mass is 35.5. The third kappa shape index (κ3) is 2.69. The van der Waals surface area contributed by atoms with Crippen LogP contribution < -0.4 is 0 Å². The van der Waals surface area contributed by atoms with Crippen molar-refractivity contribution >= 4 is 33.4 Å². The highest BCUT2D eigenvalue weighted by molar-refractivity contribution is 7.99. The monoisotopic (exact) mass is 305 g/mol. The number of rotatable bonds is 2. The largest absolute Gasteiger partial charge is 0.243 e. The average molecular weight is 306 g/mol. The van der Waals surface area contributed by atoms with Gasteiger partial charge in [0.15, 0.2) is 0 Å². The zero-order valence-electron chi connectivity index (χ0n) is 10.4. The summed E-state index contributed by atoms with van der Waals surface area (Å²) in [6.45, 7) is 4.80. The van der Waals surface area contributed by atoms with Crippen LogP contribution in [0.2, 0.25) is 5.02 Å². The minimum Gasteiger partial charge on any atom is -0.207 e. The van der Waals surface area contributed by atoms with Gasteiger partial charge in [0, 0.05) is 29.6 Å². The SMILES string of the molecule is Cc1cc(S(=O)(=O)N2CCSCC2)c(C)cc1Cl. The highest BCUT2D eigenvalue weighted by Gasteiger charge is 2.27. The molecule has 100 valence electrons. The number of nitrogens with zero attached hydrogens (tertiary/aromatic N) is 1. The smallest absolute Gasteiger partial charge is 0.207 e. The molecule has 2 rings (SSSR count). The van der Waals surface area contributed by atoms with Crippen LogP contribution in [0, 0.1) is 13.8 Å². The summed E-state index contributed by atoms with van der Waals surface area (Å²) in [6.07, 6.45) is 0. The minimum absolute atomic E-state index is 0.385. The number of hydrogen-bond donors (Lipinski definition) is 0. The summed E-state index contributed by atoms with van der Waals surface area (Å²) in [5, 5.41) is 0.612. The Morgan fingerprint density at radius 2 is 1.78 bits per heavy atom. The summed E-state index contributed by atoms with van der Waals surface area (Å²) < 4.78 is 26.7. The quantitative estimate of drug-likeness (QED) is 0.843. The molecule has 1 saturated heterocycles. The van der Waals surface area contributed by atoms with Crippen molar-refractivity contribution in [3.8, 4) is 0 Å². The molecule has 0 bridgehead atoms. The molecule has 0 saturated carbocycles. The molecule has 18 heavy (non-hydrogen) atoms. The first-order valence-corrected chi connectivity index (χ1v) is 8.75. The van der Waals surface area contributed by atoms with Crippen LogP contribution in [0.3, 0.4) is 0 Å². The molecule has 1 heterocycles. The van der Waals surface area contributed by atoms with Crippen LogP contribution in [0.25, 0.3) is 0 Å². The first kappa shape index (κ1) is 14.2. The van der Waals surface area contributed by atoms with Gasteiger partial charge in [-0.2, -0.15) is 16.1 Å². The van der Waals surface area contributed by atoms with Gasteiger partial charge in [-0.25, -0.2) is 8.42 Å². The molecule has 6 heteroatoms. The second-order valence-corrected chi connectivity index (χ2v) is 7.92. The second-order valence-electron chi connectivity index (χ2n) is 4.38. The Balaban J connectivity index is 2.43. The van der Waals surface area contributed by atoms with E-state index in [1.165, 1.54) is 0 Å². The third-order valence-corrected chi connectivity index (χ3v) is 6.43. The van der Waals surface area contributed by atoms with Crippen molar-refractivity contribution in [3.63, 3.8) is 0 Å². The van der Waals surface area contributed by atoms with Gasteiger partial charge in [-0.05, 0) is 37.1 Å². The van der Waals surface area contributed by atoms with Crippen LogP contribution >= 0.6 is 23.4 Å². The third-order valence-electron chi connectivity index (χ3n) is 3.04. The maximum atomic E-state index is 12.5. The first-order chi connectivity index (χ1) is 8.43. The van der Waals surface area contributed by atoms with E-state index in [1.807, 2.05) is 6.92 Å². The molecular weight excluding hydrogens is 290 g/mol. The number of halogens is 1. The van der Waals surface area contributed by atoms with Gasteiger partial charge in [-0.15, -0.1) is 0 Å². The number of thioether (sulfide) groups is 1. The summed E-state index contributed by atoms with van der Waals surface area (Å²) in [6, 6.07) is 3.40. The average Bonchev–Trinajstić information content (AvgIpc) is 2.34. The standard InChI is InChI=1S/C12H16ClNO2S2/c1-9-8-12(10(2)7-11(9)13)18(15,16)14-3-5-17-6-4-14/h7-8H,3-6H2,1-2H3. The lowest BCUT2D eigenvalue weighted by Crippen LogP contribution is -2.38. The van der Waals surface area contributed by atoms with Crippen LogP contribution in [0.15, 0.2) is 17.0 Å². The summed E-state index contributed by atoms with van der Waals surface area (Å²) in [7, 11) is -3.37. The number of sulfonamides is 1. The molecule has 0 N–H and O–H groups in total. The van der Waals surface area contributed by atoms with E-state index in [4.69, 9.17) is 11.6 Å². The van der Waals surface area contributed by atoms with Crippen molar-refractivity contribution in [2.75, 3.05) is 24.6 Å². The van der Waals surface area contributed by atoms with Gasteiger partial charge in [0.2, 0.25) is 10.0 Å². The van der Waals surface area contributed by atoms with E-state index in [-0.39, 0.29) is 0 Å². The van der Waals surface area contributed by atoms with Gasteiger partial charge < -0.3 is 0 Å². The highest BCUT2D eigenvalue weighted by Crippen LogP contribution is 2.27. The molecule has 0 spiro atoms. The Hall–Kier alpha value is -0.230. The normalized spacial score (nSPS) is 17.9. The van der Waals surface area contributed by atoms with E-state index < -0.39 is 10.0 Å². The van der Waals surface area contributed by atoms with E-state index in [1.54, 1.807) is 35.1 Å². The lowest BCUT2D eigenvalue weighted by Gasteiger charge is -2.26. The summed E-state index contributed by atoms with van der Waals surface area (Å²) in [5.74, 6) is 1.73. The number of aryl methyl sites for hydroxylation is 2. The van der Waals surface area contributed by atoms with Gasteiger partial charge in [-0.1, -0.05) is 11.6 Å². The predicted octanol–water partition coefficient (Wildman–Crippen LogP) is 2.69. The van der Waals surface area contributed by atoms with Gasteiger partial charge in [0.25, 0.3) is 0 Å². The van der Waals surface area contributed by atoms with Crippen LogP contribution in [0.4, 0.5) is 0 Å². The van der Waals surface area contributed by atoms with Crippen molar-refractivity contribution in [1.82, 2.24) is 4.31 Å². The Morgan fingerprint density at radius 3 is 2.39 bits per heavy atom. The van der Waals surface area contributed by atoms with Crippen molar-refractivity contribution in [2.24, 2.45) is 0 Å². The Labute approximate surface area is 118 Å². The maximum absolute atomic E-state index is 12.5. The van der Waals surface area contributed by atoms with Crippen LogP contribution in [-0.2, 0) is 10.0 Å². The molecule has 1 aromatic rings. The molecule has 0 atom stereocenters. The van der Waals surface area contributed by atoms with Gasteiger partial charge in [0.1, 0.15) is 0 Å². The fourth-order valence-corrected chi connectivity index (χ4v) is 5.04. The Bertz CT molecular complexity index is 551. The first-order valence-electron chi connectivity index (χ1n) is 5.77. The molecular formula is C12H16ClNO2S2. The minimum atomic E-state index is -3.37. The molecule has 1 fully saturated rings. The molecule has 1 aliphatic heterocycles. The molecule has 0 amide bonds. The van der Waals surface area contributed by atoms with E-state index >= 15 is 0 Å². The predicted molar refractivity (Wildman–Crippen MR) is 77.0 cm³/mol. The Kier molecular flexibility index (Phi) is 4.26. The molecule has 0 unspecified atom stereocenters. The lowest BCUT2D eigenvalue weighted by molar-refractivity contribution is 0.443. The van der Waals surface area contributed by atoms with Crippen LogP contribution in [0.1, 0.15) is 11.1 Å². The lowest BCUT2D eigenvalue weighted by atomic mass is 10.2. The molecule has 0 aliphatic carbocycles. The fourth-order valence-electron chi connectivity index (χ4n) is 1.96. The van der Waals surface area contributed by atoms with Crippen molar-refractivity contribution in [2.45, 2.75) is 18.7 Å². The van der Waals surface area contributed by atoms with Crippen LogP contribution in [-0.4, -0.2) is 37.3 Å².